The SMILES string of the molecule is Brc1cccc2c1CCC2N1CCCCC1C1CCCN1. The first-order chi connectivity index (χ1) is 10.3. The van der Waals surface area contributed by atoms with Gasteiger partial charge >= 0.3 is 0 Å². The van der Waals surface area contributed by atoms with Crippen LogP contribution in [-0.4, -0.2) is 30.1 Å². The standard InChI is InChI=1S/C18H25BrN2/c19-15-6-3-5-14-13(15)9-10-17(14)21-12-2-1-8-18(21)16-7-4-11-20-16/h3,5-6,16-18,20H,1-2,4,7-12H2. The summed E-state index contributed by atoms with van der Waals surface area (Å²) in [5, 5.41) is 3.76. The molecule has 2 heterocycles. The molecule has 0 bridgehead atoms. The lowest BCUT2D eigenvalue weighted by molar-refractivity contribution is 0.0728. The Morgan fingerprint density at radius 3 is 2.90 bits per heavy atom. The van der Waals surface area contributed by atoms with E-state index in [1.807, 2.05) is 0 Å². The predicted octanol–water partition coefficient (Wildman–Crippen LogP) is 4.04. The van der Waals surface area contributed by atoms with Crippen molar-refractivity contribution in [2.75, 3.05) is 13.1 Å². The number of benzene rings is 1. The number of rotatable bonds is 2. The van der Waals surface area contributed by atoms with E-state index in [0.717, 1.165) is 12.1 Å². The maximum Gasteiger partial charge on any atom is 0.0358 e. The zero-order chi connectivity index (χ0) is 14.2. The summed E-state index contributed by atoms with van der Waals surface area (Å²) < 4.78 is 1.31. The first kappa shape index (κ1) is 14.2. The summed E-state index contributed by atoms with van der Waals surface area (Å²) in [7, 11) is 0. The smallest absolute Gasteiger partial charge is 0.0358 e. The minimum absolute atomic E-state index is 0.658. The molecule has 2 fully saturated rings. The van der Waals surface area contributed by atoms with Gasteiger partial charge in [-0.2, -0.15) is 0 Å². The molecular formula is C18H25BrN2. The molecule has 3 unspecified atom stereocenters. The summed E-state index contributed by atoms with van der Waals surface area (Å²) in [6.45, 7) is 2.52. The molecule has 21 heavy (non-hydrogen) atoms. The van der Waals surface area contributed by atoms with E-state index in [-0.39, 0.29) is 0 Å². The van der Waals surface area contributed by atoms with Gasteiger partial charge < -0.3 is 5.32 Å². The highest BCUT2D eigenvalue weighted by molar-refractivity contribution is 9.10. The van der Waals surface area contributed by atoms with Crippen molar-refractivity contribution >= 4 is 15.9 Å². The predicted molar refractivity (Wildman–Crippen MR) is 90.6 cm³/mol. The zero-order valence-corrected chi connectivity index (χ0v) is 14.2. The lowest BCUT2D eigenvalue weighted by Crippen LogP contribution is -2.51. The number of hydrogen-bond donors (Lipinski definition) is 1. The molecule has 0 amide bonds. The average Bonchev–Trinajstić information content (AvgIpc) is 3.17. The molecule has 0 saturated carbocycles. The Kier molecular flexibility index (Phi) is 4.08. The Hall–Kier alpha value is -0.380. The van der Waals surface area contributed by atoms with E-state index < -0.39 is 0 Å². The molecular weight excluding hydrogens is 324 g/mol. The second kappa shape index (κ2) is 6.02. The topological polar surface area (TPSA) is 15.3 Å². The number of piperidine rings is 1. The number of likely N-dealkylation sites (tertiary alicyclic amines) is 1. The van der Waals surface area contributed by atoms with Crippen LogP contribution in [0.4, 0.5) is 0 Å². The normalized spacial score (nSPS) is 33.3. The van der Waals surface area contributed by atoms with Crippen LogP contribution >= 0.6 is 15.9 Å². The second-order valence-corrected chi connectivity index (χ2v) is 7.72. The summed E-state index contributed by atoms with van der Waals surface area (Å²) in [5.74, 6) is 0. The van der Waals surface area contributed by atoms with Gasteiger partial charge in [-0.25, -0.2) is 0 Å². The van der Waals surface area contributed by atoms with E-state index in [4.69, 9.17) is 0 Å². The molecule has 2 nitrogen and oxygen atoms in total. The maximum absolute atomic E-state index is 3.76. The van der Waals surface area contributed by atoms with Crippen molar-refractivity contribution in [2.45, 2.75) is 63.1 Å². The van der Waals surface area contributed by atoms with Crippen molar-refractivity contribution in [3.8, 4) is 0 Å². The molecule has 114 valence electrons. The molecule has 0 spiro atoms. The van der Waals surface area contributed by atoms with Crippen molar-refractivity contribution in [3.63, 3.8) is 0 Å². The van der Waals surface area contributed by atoms with Crippen molar-refractivity contribution in [3.05, 3.63) is 33.8 Å². The van der Waals surface area contributed by atoms with Gasteiger partial charge in [0, 0.05) is 22.6 Å². The van der Waals surface area contributed by atoms with Crippen molar-refractivity contribution in [1.29, 1.82) is 0 Å². The molecule has 1 aromatic carbocycles. The minimum Gasteiger partial charge on any atom is -0.312 e. The molecule has 3 atom stereocenters. The van der Waals surface area contributed by atoms with Crippen LogP contribution in [0, 0.1) is 0 Å². The van der Waals surface area contributed by atoms with Crippen molar-refractivity contribution in [1.82, 2.24) is 10.2 Å². The number of fused-ring (bicyclic) bond motifs is 1. The van der Waals surface area contributed by atoms with Crippen LogP contribution in [0.5, 0.6) is 0 Å². The van der Waals surface area contributed by atoms with Gasteiger partial charge in [0.25, 0.3) is 0 Å². The van der Waals surface area contributed by atoms with Crippen LogP contribution in [0.15, 0.2) is 22.7 Å². The van der Waals surface area contributed by atoms with E-state index >= 15 is 0 Å². The van der Waals surface area contributed by atoms with Gasteiger partial charge in [0.2, 0.25) is 0 Å². The summed E-state index contributed by atoms with van der Waals surface area (Å²) in [5.41, 5.74) is 3.15. The van der Waals surface area contributed by atoms with Crippen LogP contribution in [0.2, 0.25) is 0 Å². The van der Waals surface area contributed by atoms with E-state index in [1.165, 1.54) is 62.5 Å². The molecule has 0 aromatic heterocycles. The Bertz CT molecular complexity index is 510. The Balaban J connectivity index is 1.61. The third-order valence-corrected chi connectivity index (χ3v) is 6.48. The Morgan fingerprint density at radius 1 is 1.10 bits per heavy atom. The average molecular weight is 349 g/mol. The highest BCUT2D eigenvalue weighted by atomic mass is 79.9. The van der Waals surface area contributed by atoms with Gasteiger partial charge in [-0.1, -0.05) is 34.5 Å². The molecule has 3 aliphatic rings. The van der Waals surface area contributed by atoms with Crippen LogP contribution < -0.4 is 5.32 Å². The summed E-state index contributed by atoms with van der Waals surface area (Å²) in [4.78, 5) is 2.85. The first-order valence-electron chi connectivity index (χ1n) is 8.61. The Morgan fingerprint density at radius 2 is 2.05 bits per heavy atom. The number of halogens is 1. The monoisotopic (exact) mass is 348 g/mol. The Labute approximate surface area is 136 Å². The number of nitrogens with zero attached hydrogens (tertiary/aromatic N) is 1. The molecule has 1 aliphatic carbocycles. The summed E-state index contributed by atoms with van der Waals surface area (Å²) in [6.07, 6.45) is 9.46. The highest BCUT2D eigenvalue weighted by Gasteiger charge is 2.38. The molecule has 4 rings (SSSR count). The van der Waals surface area contributed by atoms with Crippen LogP contribution in [0.3, 0.4) is 0 Å². The van der Waals surface area contributed by atoms with E-state index in [0.29, 0.717) is 6.04 Å². The van der Waals surface area contributed by atoms with Crippen LogP contribution in [0.1, 0.15) is 55.7 Å². The largest absolute Gasteiger partial charge is 0.312 e. The molecule has 1 N–H and O–H groups in total. The molecule has 2 saturated heterocycles. The van der Waals surface area contributed by atoms with E-state index in [9.17, 15) is 0 Å². The zero-order valence-electron chi connectivity index (χ0n) is 12.7. The minimum atomic E-state index is 0.658. The van der Waals surface area contributed by atoms with Crippen LogP contribution in [0.25, 0.3) is 0 Å². The first-order valence-corrected chi connectivity index (χ1v) is 9.40. The van der Waals surface area contributed by atoms with Crippen molar-refractivity contribution in [2.24, 2.45) is 0 Å². The van der Waals surface area contributed by atoms with Gasteiger partial charge in [0.15, 0.2) is 0 Å². The van der Waals surface area contributed by atoms with Gasteiger partial charge in [-0.05, 0) is 68.8 Å². The van der Waals surface area contributed by atoms with Gasteiger partial charge in [-0.3, -0.25) is 4.90 Å². The fourth-order valence-electron chi connectivity index (χ4n) is 4.77. The van der Waals surface area contributed by atoms with Gasteiger partial charge in [0.1, 0.15) is 0 Å². The van der Waals surface area contributed by atoms with E-state index in [2.05, 4.69) is 44.3 Å². The number of nitrogens with one attached hydrogen (secondary N) is 1. The van der Waals surface area contributed by atoms with Crippen molar-refractivity contribution < 1.29 is 0 Å². The second-order valence-electron chi connectivity index (χ2n) is 6.87. The molecule has 0 radical (unpaired) electrons. The van der Waals surface area contributed by atoms with Gasteiger partial charge in [-0.15, -0.1) is 0 Å². The van der Waals surface area contributed by atoms with Crippen LogP contribution in [-0.2, 0) is 6.42 Å². The summed E-state index contributed by atoms with van der Waals surface area (Å²) in [6, 6.07) is 8.94. The number of hydrogen-bond acceptors (Lipinski definition) is 2. The fourth-order valence-corrected chi connectivity index (χ4v) is 5.35. The lowest BCUT2D eigenvalue weighted by Gasteiger charge is -2.43. The fraction of sp³-hybridized carbons (Fsp3) is 0.667. The third kappa shape index (κ3) is 2.58. The lowest BCUT2D eigenvalue weighted by atomic mass is 9.91. The summed E-state index contributed by atoms with van der Waals surface area (Å²) >= 11 is 3.75. The van der Waals surface area contributed by atoms with E-state index in [1.54, 1.807) is 11.1 Å². The quantitative estimate of drug-likeness (QED) is 0.867. The third-order valence-electron chi connectivity index (χ3n) is 5.74. The molecule has 3 heteroatoms. The molecule has 1 aromatic rings. The maximum atomic E-state index is 3.76. The van der Waals surface area contributed by atoms with Gasteiger partial charge in [0.05, 0.1) is 0 Å². The highest BCUT2D eigenvalue weighted by Crippen LogP contribution is 2.42. The molecule has 2 aliphatic heterocycles.